The molecule has 0 radical (unpaired) electrons. The standard InChI is InChI=1S/C19H18Cl2O2/c1-2-23-19-17(22)11-14(12-7-3-5-9-15(12)20)18(19)13-8-4-6-10-16(13)21/h3-10,14,18-19H,2,11H2,1H3. The lowest BCUT2D eigenvalue weighted by Gasteiger charge is -2.26. The third-order valence-corrected chi connectivity index (χ3v) is 5.10. The summed E-state index contributed by atoms with van der Waals surface area (Å²) < 4.78 is 5.78. The fraction of sp³-hybridized carbons (Fsp3) is 0.316. The number of benzene rings is 2. The van der Waals surface area contributed by atoms with Gasteiger partial charge in [-0.1, -0.05) is 59.6 Å². The van der Waals surface area contributed by atoms with Gasteiger partial charge < -0.3 is 4.74 Å². The summed E-state index contributed by atoms with van der Waals surface area (Å²) in [4.78, 5) is 12.5. The van der Waals surface area contributed by atoms with E-state index in [1.807, 2.05) is 55.5 Å². The van der Waals surface area contributed by atoms with Crippen LogP contribution >= 0.6 is 23.2 Å². The molecule has 0 N–H and O–H groups in total. The molecule has 2 aromatic carbocycles. The predicted molar refractivity (Wildman–Crippen MR) is 93.4 cm³/mol. The molecule has 120 valence electrons. The van der Waals surface area contributed by atoms with E-state index in [-0.39, 0.29) is 17.6 Å². The van der Waals surface area contributed by atoms with Crippen LogP contribution in [0.15, 0.2) is 48.5 Å². The molecule has 4 heteroatoms. The number of Topliss-reactive ketones (excluding diaryl/α,β-unsaturated/α-hetero) is 1. The Morgan fingerprint density at radius 3 is 2.13 bits per heavy atom. The number of carbonyl (C=O) groups excluding carboxylic acids is 1. The third kappa shape index (κ3) is 3.16. The monoisotopic (exact) mass is 348 g/mol. The lowest BCUT2D eigenvalue weighted by atomic mass is 9.83. The highest BCUT2D eigenvalue weighted by Crippen LogP contribution is 2.48. The predicted octanol–water partition coefficient (Wildman–Crippen LogP) is 5.24. The fourth-order valence-corrected chi connectivity index (χ4v) is 3.99. The minimum absolute atomic E-state index is 0.0207. The molecule has 1 aliphatic rings. The average Bonchev–Trinajstić information content (AvgIpc) is 2.85. The highest BCUT2D eigenvalue weighted by molar-refractivity contribution is 6.32. The van der Waals surface area contributed by atoms with Crippen LogP contribution in [0.4, 0.5) is 0 Å². The van der Waals surface area contributed by atoms with Crippen molar-refractivity contribution in [3.8, 4) is 0 Å². The largest absolute Gasteiger partial charge is 0.370 e. The highest BCUT2D eigenvalue weighted by Gasteiger charge is 2.45. The lowest BCUT2D eigenvalue weighted by molar-refractivity contribution is -0.127. The maximum atomic E-state index is 12.5. The van der Waals surface area contributed by atoms with Crippen LogP contribution in [0.3, 0.4) is 0 Å². The zero-order valence-electron chi connectivity index (χ0n) is 12.8. The second kappa shape index (κ2) is 7.04. The van der Waals surface area contributed by atoms with Gasteiger partial charge in [0.15, 0.2) is 5.78 Å². The second-order valence-corrected chi connectivity index (χ2v) is 6.54. The van der Waals surface area contributed by atoms with Gasteiger partial charge in [0, 0.05) is 34.9 Å². The quantitative estimate of drug-likeness (QED) is 0.755. The molecular weight excluding hydrogens is 331 g/mol. The number of ketones is 1. The summed E-state index contributed by atoms with van der Waals surface area (Å²) in [5, 5.41) is 1.34. The molecule has 0 saturated heterocycles. The van der Waals surface area contributed by atoms with E-state index in [9.17, 15) is 4.79 Å². The molecule has 0 aromatic heterocycles. The second-order valence-electron chi connectivity index (χ2n) is 5.72. The molecule has 0 amide bonds. The van der Waals surface area contributed by atoms with E-state index in [1.54, 1.807) is 0 Å². The van der Waals surface area contributed by atoms with Gasteiger partial charge in [-0.3, -0.25) is 4.79 Å². The first kappa shape index (κ1) is 16.5. The van der Waals surface area contributed by atoms with Crippen LogP contribution in [0.1, 0.15) is 36.3 Å². The van der Waals surface area contributed by atoms with Crippen LogP contribution in [0.2, 0.25) is 10.0 Å². The van der Waals surface area contributed by atoms with Crippen LogP contribution in [0.25, 0.3) is 0 Å². The van der Waals surface area contributed by atoms with Crippen molar-refractivity contribution < 1.29 is 9.53 Å². The van der Waals surface area contributed by atoms with Gasteiger partial charge in [-0.15, -0.1) is 0 Å². The van der Waals surface area contributed by atoms with Gasteiger partial charge in [0.2, 0.25) is 0 Å². The normalized spacial score (nSPS) is 24.1. The van der Waals surface area contributed by atoms with E-state index in [2.05, 4.69) is 0 Å². The number of carbonyl (C=O) groups is 1. The maximum Gasteiger partial charge on any atom is 0.162 e. The average molecular weight is 349 g/mol. The third-order valence-electron chi connectivity index (χ3n) is 4.41. The van der Waals surface area contributed by atoms with Gasteiger partial charge in [0.1, 0.15) is 6.10 Å². The molecular formula is C19H18Cl2O2. The van der Waals surface area contributed by atoms with Gasteiger partial charge in [0.25, 0.3) is 0 Å². The molecule has 2 aromatic rings. The molecule has 1 saturated carbocycles. The van der Waals surface area contributed by atoms with Crippen molar-refractivity contribution in [3.05, 3.63) is 69.7 Å². The zero-order chi connectivity index (χ0) is 16.4. The fourth-order valence-electron chi connectivity index (χ4n) is 3.45. The number of hydrogen-bond acceptors (Lipinski definition) is 2. The van der Waals surface area contributed by atoms with E-state index in [0.717, 1.165) is 11.1 Å². The topological polar surface area (TPSA) is 26.3 Å². The van der Waals surface area contributed by atoms with Gasteiger partial charge >= 0.3 is 0 Å². The van der Waals surface area contributed by atoms with Gasteiger partial charge in [-0.25, -0.2) is 0 Å². The van der Waals surface area contributed by atoms with Crippen LogP contribution in [-0.4, -0.2) is 18.5 Å². The lowest BCUT2D eigenvalue weighted by Crippen LogP contribution is -2.25. The van der Waals surface area contributed by atoms with E-state index in [4.69, 9.17) is 27.9 Å². The van der Waals surface area contributed by atoms with Gasteiger partial charge in [0.05, 0.1) is 0 Å². The van der Waals surface area contributed by atoms with E-state index in [0.29, 0.717) is 23.1 Å². The first-order valence-electron chi connectivity index (χ1n) is 7.76. The molecule has 1 fully saturated rings. The molecule has 0 heterocycles. The van der Waals surface area contributed by atoms with Crippen LogP contribution in [0.5, 0.6) is 0 Å². The summed E-state index contributed by atoms with van der Waals surface area (Å²) in [6.45, 7) is 2.40. The Morgan fingerprint density at radius 2 is 1.57 bits per heavy atom. The minimum atomic E-state index is -0.471. The van der Waals surface area contributed by atoms with Crippen molar-refractivity contribution in [1.82, 2.24) is 0 Å². The summed E-state index contributed by atoms with van der Waals surface area (Å²) in [6.07, 6.45) is -0.0502. The molecule has 0 aliphatic heterocycles. The highest BCUT2D eigenvalue weighted by atomic mass is 35.5. The SMILES string of the molecule is CCOC1C(=O)CC(c2ccccc2Cl)C1c1ccccc1Cl. The number of rotatable bonds is 4. The first-order valence-corrected chi connectivity index (χ1v) is 8.52. The first-order chi connectivity index (χ1) is 11.1. The summed E-state index contributed by atoms with van der Waals surface area (Å²) in [5.41, 5.74) is 1.93. The molecule has 0 spiro atoms. The van der Waals surface area contributed by atoms with E-state index >= 15 is 0 Å². The summed E-state index contributed by atoms with van der Waals surface area (Å²) in [5.74, 6) is -0.0228. The molecule has 3 rings (SSSR count). The van der Waals surface area contributed by atoms with Crippen molar-refractivity contribution in [2.24, 2.45) is 0 Å². The van der Waals surface area contributed by atoms with Crippen LogP contribution < -0.4 is 0 Å². The summed E-state index contributed by atoms with van der Waals surface area (Å²) in [6, 6.07) is 15.3. The Labute approximate surface area is 146 Å². The molecule has 0 bridgehead atoms. The Hall–Kier alpha value is -1.35. The molecule has 2 nitrogen and oxygen atoms in total. The van der Waals surface area contributed by atoms with Gasteiger partial charge in [-0.2, -0.15) is 0 Å². The van der Waals surface area contributed by atoms with E-state index in [1.165, 1.54) is 0 Å². The van der Waals surface area contributed by atoms with Crippen molar-refractivity contribution in [3.63, 3.8) is 0 Å². The van der Waals surface area contributed by atoms with Crippen molar-refractivity contribution in [2.75, 3.05) is 6.61 Å². The zero-order valence-corrected chi connectivity index (χ0v) is 14.3. The maximum absolute atomic E-state index is 12.5. The summed E-state index contributed by atoms with van der Waals surface area (Å²) >= 11 is 12.8. The molecule has 3 unspecified atom stereocenters. The summed E-state index contributed by atoms with van der Waals surface area (Å²) in [7, 11) is 0. The van der Waals surface area contributed by atoms with E-state index < -0.39 is 6.10 Å². The van der Waals surface area contributed by atoms with Gasteiger partial charge in [-0.05, 0) is 30.2 Å². The number of ether oxygens (including phenoxy) is 1. The van der Waals surface area contributed by atoms with Crippen LogP contribution in [0, 0.1) is 0 Å². The number of halogens is 2. The Morgan fingerprint density at radius 1 is 1.00 bits per heavy atom. The Balaban J connectivity index is 2.09. The number of hydrogen-bond donors (Lipinski definition) is 0. The Bertz CT molecular complexity index is 714. The van der Waals surface area contributed by atoms with Crippen molar-refractivity contribution in [2.45, 2.75) is 31.3 Å². The Kier molecular flexibility index (Phi) is 5.05. The molecule has 3 atom stereocenters. The molecule has 23 heavy (non-hydrogen) atoms. The smallest absolute Gasteiger partial charge is 0.162 e. The van der Waals surface area contributed by atoms with Crippen molar-refractivity contribution >= 4 is 29.0 Å². The minimum Gasteiger partial charge on any atom is -0.370 e. The van der Waals surface area contributed by atoms with Crippen LogP contribution in [-0.2, 0) is 9.53 Å². The molecule has 1 aliphatic carbocycles. The van der Waals surface area contributed by atoms with Crippen molar-refractivity contribution in [1.29, 1.82) is 0 Å².